The monoisotopic (exact) mass is 460 g/mol. The molecule has 0 saturated carbocycles. The first kappa shape index (κ1) is 20.4. The molecule has 4 aromatic rings. The maximum absolute atomic E-state index is 13.1. The van der Waals surface area contributed by atoms with Crippen LogP contribution in [-0.2, 0) is 13.6 Å². The number of imidazole rings is 2. The van der Waals surface area contributed by atoms with Gasteiger partial charge in [0.1, 0.15) is 5.65 Å². The maximum atomic E-state index is 13.1. The van der Waals surface area contributed by atoms with Crippen LogP contribution in [0.3, 0.4) is 0 Å². The molecule has 2 unspecified atom stereocenters. The lowest BCUT2D eigenvalue weighted by Crippen LogP contribution is -2.63. The van der Waals surface area contributed by atoms with Gasteiger partial charge in [-0.3, -0.25) is 9.69 Å². The van der Waals surface area contributed by atoms with E-state index in [-0.39, 0.29) is 11.9 Å². The lowest BCUT2D eigenvalue weighted by Gasteiger charge is -2.51. The summed E-state index contributed by atoms with van der Waals surface area (Å²) in [7, 11) is 1.87. The maximum Gasteiger partial charge on any atom is 0.290 e. The summed E-state index contributed by atoms with van der Waals surface area (Å²) in [6, 6.07) is 14.5. The number of rotatable bonds is 4. The number of amides is 1. The normalized spacial score (nSPS) is 20.6. The van der Waals surface area contributed by atoms with Crippen molar-refractivity contribution in [2.24, 2.45) is 7.05 Å². The van der Waals surface area contributed by atoms with Gasteiger partial charge in [0.05, 0.1) is 11.4 Å². The average Bonchev–Trinajstić information content (AvgIpc) is 3.43. The Kier molecular flexibility index (Phi) is 4.96. The number of carbonyl (C=O) groups excluding carboxylic acids is 1. The molecule has 1 amide bonds. The number of piperazine rings is 1. The van der Waals surface area contributed by atoms with Gasteiger partial charge >= 0.3 is 0 Å². The van der Waals surface area contributed by atoms with Gasteiger partial charge < -0.3 is 13.9 Å². The van der Waals surface area contributed by atoms with Crippen LogP contribution in [0.15, 0.2) is 61.1 Å². The Balaban J connectivity index is 1.30. The third-order valence-corrected chi connectivity index (χ3v) is 7.27. The van der Waals surface area contributed by atoms with E-state index in [1.165, 1.54) is 5.69 Å². The number of pyridine rings is 1. The van der Waals surface area contributed by atoms with Crippen molar-refractivity contribution < 1.29 is 4.79 Å². The number of aryl methyl sites for hydroxylation is 1. The van der Waals surface area contributed by atoms with Gasteiger partial charge in [0, 0.05) is 67.9 Å². The molecule has 2 bridgehead atoms. The first-order valence-electron chi connectivity index (χ1n) is 11.3. The second kappa shape index (κ2) is 8.01. The van der Waals surface area contributed by atoms with Crippen molar-refractivity contribution >= 4 is 23.2 Å². The number of nitrogens with zero attached hydrogens (tertiary/aromatic N) is 6. The van der Waals surface area contributed by atoms with Crippen LogP contribution >= 0.6 is 11.6 Å². The molecule has 3 aromatic heterocycles. The van der Waals surface area contributed by atoms with Crippen LogP contribution in [0.1, 0.15) is 29.2 Å². The minimum Gasteiger partial charge on any atom is -0.330 e. The Labute approximate surface area is 197 Å². The summed E-state index contributed by atoms with van der Waals surface area (Å²) in [5.41, 5.74) is 4.15. The number of fused-ring (bicyclic) bond motifs is 4. The van der Waals surface area contributed by atoms with Crippen molar-refractivity contribution in [1.29, 1.82) is 0 Å². The van der Waals surface area contributed by atoms with E-state index >= 15 is 0 Å². The number of benzene rings is 1. The quantitative estimate of drug-likeness (QED) is 0.464. The van der Waals surface area contributed by atoms with Crippen molar-refractivity contribution in [2.45, 2.75) is 31.5 Å². The number of aromatic nitrogens is 4. The highest BCUT2D eigenvalue weighted by Crippen LogP contribution is 2.33. The Bertz CT molecular complexity index is 1330. The molecule has 6 heterocycles. The fraction of sp³-hybridized carbons (Fsp3) is 0.320. The van der Waals surface area contributed by atoms with Gasteiger partial charge in [-0.25, -0.2) is 9.97 Å². The number of carbonyl (C=O) groups is 1. The highest BCUT2D eigenvalue weighted by atomic mass is 35.5. The van der Waals surface area contributed by atoms with Crippen LogP contribution < -0.4 is 0 Å². The highest BCUT2D eigenvalue weighted by Gasteiger charge is 2.42. The predicted molar refractivity (Wildman–Crippen MR) is 127 cm³/mol. The number of halogens is 1. The van der Waals surface area contributed by atoms with Crippen LogP contribution in [0.25, 0.3) is 16.9 Å². The van der Waals surface area contributed by atoms with Crippen molar-refractivity contribution in [3.63, 3.8) is 0 Å². The molecule has 0 N–H and O–H groups in total. The van der Waals surface area contributed by atoms with E-state index in [2.05, 4.69) is 20.5 Å². The van der Waals surface area contributed by atoms with E-state index < -0.39 is 0 Å². The fourth-order valence-corrected chi connectivity index (χ4v) is 5.41. The molecule has 8 heteroatoms. The van der Waals surface area contributed by atoms with Gasteiger partial charge in [0.15, 0.2) is 5.82 Å². The molecule has 3 aliphatic heterocycles. The predicted octanol–water partition coefficient (Wildman–Crippen LogP) is 3.88. The minimum atomic E-state index is 0.0357. The zero-order valence-corrected chi connectivity index (χ0v) is 19.2. The summed E-state index contributed by atoms with van der Waals surface area (Å²) in [6.07, 6.45) is 7.72. The van der Waals surface area contributed by atoms with Crippen LogP contribution in [0.2, 0.25) is 5.02 Å². The zero-order chi connectivity index (χ0) is 22.5. The Hall–Kier alpha value is -3.16. The van der Waals surface area contributed by atoms with Gasteiger partial charge in [-0.05, 0) is 37.1 Å². The third kappa shape index (κ3) is 3.52. The smallest absolute Gasteiger partial charge is 0.290 e. The molecule has 2 atom stereocenters. The number of hydrogen-bond donors (Lipinski definition) is 0. The summed E-state index contributed by atoms with van der Waals surface area (Å²) >= 11 is 6.13. The molecule has 3 fully saturated rings. The fourth-order valence-electron chi connectivity index (χ4n) is 5.29. The second-order valence-corrected chi connectivity index (χ2v) is 9.41. The van der Waals surface area contributed by atoms with Gasteiger partial charge in [-0.2, -0.15) is 0 Å². The lowest BCUT2D eigenvalue weighted by atomic mass is 9.90. The van der Waals surface area contributed by atoms with Crippen molar-refractivity contribution in [3.8, 4) is 11.3 Å². The largest absolute Gasteiger partial charge is 0.330 e. The molecular formula is C25H25ClN6O. The van der Waals surface area contributed by atoms with Crippen LogP contribution in [0.5, 0.6) is 0 Å². The summed E-state index contributed by atoms with van der Waals surface area (Å²) in [5, 5.41) is 0.717. The van der Waals surface area contributed by atoms with Crippen LogP contribution in [0, 0.1) is 0 Å². The molecule has 3 saturated heterocycles. The first-order valence-corrected chi connectivity index (χ1v) is 11.7. The highest BCUT2D eigenvalue weighted by molar-refractivity contribution is 6.30. The van der Waals surface area contributed by atoms with Crippen molar-refractivity contribution in [3.05, 3.63) is 77.6 Å². The average molecular weight is 461 g/mol. The van der Waals surface area contributed by atoms with Gasteiger partial charge in [-0.15, -0.1) is 0 Å². The van der Waals surface area contributed by atoms with E-state index in [1.54, 1.807) is 10.8 Å². The van der Waals surface area contributed by atoms with E-state index in [0.717, 1.165) is 54.4 Å². The molecule has 7 nitrogen and oxygen atoms in total. The SMILES string of the molecule is Cn1ccnc1C(=O)N1CC2CCC1CN2Cc1c(-c2ccc(Cl)cc2)nc2ccccn12. The van der Waals surface area contributed by atoms with Crippen LogP contribution in [0.4, 0.5) is 0 Å². The summed E-state index contributed by atoms with van der Waals surface area (Å²) < 4.78 is 3.99. The molecule has 33 heavy (non-hydrogen) atoms. The van der Waals surface area contributed by atoms with Crippen molar-refractivity contribution in [2.75, 3.05) is 13.1 Å². The molecule has 0 radical (unpaired) electrons. The summed E-state index contributed by atoms with van der Waals surface area (Å²) in [5.74, 6) is 0.550. The van der Waals surface area contributed by atoms with Crippen molar-refractivity contribution in [1.82, 2.24) is 28.7 Å². The van der Waals surface area contributed by atoms with E-state index in [4.69, 9.17) is 16.6 Å². The molecule has 168 valence electrons. The van der Waals surface area contributed by atoms with E-state index in [9.17, 15) is 4.79 Å². The number of hydrogen-bond acceptors (Lipinski definition) is 4. The molecule has 0 aliphatic carbocycles. The molecule has 3 aliphatic rings. The first-order chi connectivity index (χ1) is 16.1. The lowest BCUT2D eigenvalue weighted by molar-refractivity contribution is -0.0167. The third-order valence-electron chi connectivity index (χ3n) is 7.02. The second-order valence-electron chi connectivity index (χ2n) is 8.98. The molecule has 1 aromatic carbocycles. The Morgan fingerprint density at radius 1 is 1.06 bits per heavy atom. The van der Waals surface area contributed by atoms with E-state index in [0.29, 0.717) is 11.9 Å². The minimum absolute atomic E-state index is 0.0357. The van der Waals surface area contributed by atoms with Crippen LogP contribution in [-0.4, -0.2) is 59.8 Å². The Morgan fingerprint density at radius 3 is 2.61 bits per heavy atom. The van der Waals surface area contributed by atoms with Gasteiger partial charge in [-0.1, -0.05) is 29.8 Å². The summed E-state index contributed by atoms with van der Waals surface area (Å²) in [6.45, 7) is 2.39. The molecular weight excluding hydrogens is 436 g/mol. The summed E-state index contributed by atoms with van der Waals surface area (Å²) in [4.78, 5) is 26.9. The topological polar surface area (TPSA) is 58.7 Å². The van der Waals surface area contributed by atoms with E-state index in [1.807, 2.05) is 60.6 Å². The molecule has 0 spiro atoms. The van der Waals surface area contributed by atoms with Gasteiger partial charge in [0.25, 0.3) is 5.91 Å². The molecule has 7 rings (SSSR count). The van der Waals surface area contributed by atoms with Gasteiger partial charge in [0.2, 0.25) is 0 Å². The Morgan fingerprint density at radius 2 is 1.88 bits per heavy atom. The zero-order valence-electron chi connectivity index (χ0n) is 18.4. The standard InChI is InChI=1S/C25H25ClN6O/c1-29-13-11-27-24(29)25(33)32-15-19-9-10-20(32)14-30(19)16-21-23(17-5-7-18(26)8-6-17)28-22-4-2-3-12-31(21)22/h2-8,11-13,19-20H,9-10,14-16H2,1H3. The number of piperidine rings is 2.